The second-order valence-electron chi connectivity index (χ2n) is 5.79. The van der Waals surface area contributed by atoms with Crippen LogP contribution in [0.4, 0.5) is 27.5 Å². The zero-order valence-electron chi connectivity index (χ0n) is 14.2. The number of fused-ring (bicyclic) bond motifs is 1. The maximum atomic E-state index is 14.2. The van der Waals surface area contributed by atoms with Gasteiger partial charge in [-0.1, -0.05) is 23.2 Å². The van der Waals surface area contributed by atoms with Gasteiger partial charge in [0.25, 0.3) is 0 Å². The number of nitrogens with zero attached hydrogens (tertiary/aromatic N) is 2. The number of anilines is 4. The molecule has 0 unspecified atom stereocenters. The third-order valence-electron chi connectivity index (χ3n) is 3.82. The zero-order chi connectivity index (χ0) is 19.7. The zero-order valence-corrected chi connectivity index (χ0v) is 15.7. The van der Waals surface area contributed by atoms with Gasteiger partial charge in [0.2, 0.25) is 5.95 Å². The Balaban J connectivity index is 1.57. The van der Waals surface area contributed by atoms with Crippen molar-refractivity contribution in [2.24, 2.45) is 0 Å². The van der Waals surface area contributed by atoms with Crippen LogP contribution in [0.25, 0.3) is 0 Å². The summed E-state index contributed by atoms with van der Waals surface area (Å²) in [7, 11) is 0. The van der Waals surface area contributed by atoms with E-state index < -0.39 is 5.82 Å². The summed E-state index contributed by atoms with van der Waals surface area (Å²) < 4.78 is 25.1. The van der Waals surface area contributed by atoms with Gasteiger partial charge in [-0.3, -0.25) is 0 Å². The highest BCUT2D eigenvalue weighted by atomic mass is 35.5. The van der Waals surface area contributed by atoms with E-state index in [2.05, 4.69) is 20.6 Å². The highest BCUT2D eigenvalue weighted by Gasteiger charge is 2.14. The molecule has 2 heterocycles. The number of phenols is 1. The molecule has 1 aliphatic heterocycles. The number of halogens is 3. The first-order chi connectivity index (χ1) is 13.5. The first-order valence-corrected chi connectivity index (χ1v) is 8.89. The maximum Gasteiger partial charge on any atom is 0.229 e. The van der Waals surface area contributed by atoms with Gasteiger partial charge in [0.05, 0.1) is 16.2 Å². The van der Waals surface area contributed by atoms with Crippen LogP contribution in [-0.2, 0) is 0 Å². The average molecular weight is 423 g/mol. The molecule has 0 bridgehead atoms. The Morgan fingerprint density at radius 1 is 0.964 bits per heavy atom. The van der Waals surface area contributed by atoms with Gasteiger partial charge in [-0.25, -0.2) is 9.37 Å². The molecule has 0 saturated heterocycles. The summed E-state index contributed by atoms with van der Waals surface area (Å²) in [5, 5.41) is 15.5. The Morgan fingerprint density at radius 3 is 2.43 bits per heavy atom. The van der Waals surface area contributed by atoms with Crippen LogP contribution in [-0.4, -0.2) is 28.3 Å². The minimum atomic E-state index is -0.637. The van der Waals surface area contributed by atoms with Gasteiger partial charge in [-0.2, -0.15) is 4.98 Å². The summed E-state index contributed by atoms with van der Waals surface area (Å²) in [4.78, 5) is 8.02. The van der Waals surface area contributed by atoms with Crippen molar-refractivity contribution >= 4 is 46.3 Å². The molecule has 28 heavy (non-hydrogen) atoms. The third-order valence-corrected chi connectivity index (χ3v) is 4.40. The van der Waals surface area contributed by atoms with E-state index in [0.29, 0.717) is 36.1 Å². The molecule has 0 radical (unpaired) electrons. The fourth-order valence-corrected chi connectivity index (χ4v) is 3.03. The van der Waals surface area contributed by atoms with Gasteiger partial charge in [-0.05, 0) is 24.3 Å². The summed E-state index contributed by atoms with van der Waals surface area (Å²) >= 11 is 11.8. The Labute approximate surface area is 169 Å². The first kappa shape index (κ1) is 18.4. The lowest BCUT2D eigenvalue weighted by Crippen LogP contribution is -2.15. The molecular weight excluding hydrogens is 410 g/mol. The molecule has 1 aromatic heterocycles. The topological polar surface area (TPSA) is 88.5 Å². The van der Waals surface area contributed by atoms with Crippen molar-refractivity contribution < 1.29 is 19.0 Å². The molecule has 144 valence electrons. The summed E-state index contributed by atoms with van der Waals surface area (Å²) in [6, 6.07) is 8.05. The van der Waals surface area contributed by atoms with Gasteiger partial charge in [-0.15, -0.1) is 0 Å². The fourth-order valence-electron chi connectivity index (χ4n) is 2.54. The Kier molecular flexibility index (Phi) is 4.97. The van der Waals surface area contributed by atoms with Crippen LogP contribution in [0.5, 0.6) is 17.2 Å². The van der Waals surface area contributed by atoms with Gasteiger partial charge in [0.1, 0.15) is 13.2 Å². The Morgan fingerprint density at radius 2 is 1.68 bits per heavy atom. The van der Waals surface area contributed by atoms with Crippen molar-refractivity contribution in [1.29, 1.82) is 0 Å². The van der Waals surface area contributed by atoms with Crippen LogP contribution in [0.2, 0.25) is 10.0 Å². The average Bonchev–Trinajstić information content (AvgIpc) is 2.68. The normalized spacial score (nSPS) is 12.5. The van der Waals surface area contributed by atoms with Crippen LogP contribution in [0.1, 0.15) is 0 Å². The van der Waals surface area contributed by atoms with Gasteiger partial charge in [0, 0.05) is 17.4 Å². The minimum absolute atomic E-state index is 0.0369. The quantitative estimate of drug-likeness (QED) is 0.515. The highest BCUT2D eigenvalue weighted by Crippen LogP contribution is 2.36. The summed E-state index contributed by atoms with van der Waals surface area (Å²) in [6.07, 6.45) is 1.03. The number of benzene rings is 2. The first-order valence-electron chi connectivity index (χ1n) is 8.14. The van der Waals surface area contributed by atoms with Crippen LogP contribution < -0.4 is 20.1 Å². The van der Waals surface area contributed by atoms with Crippen molar-refractivity contribution in [2.75, 3.05) is 23.8 Å². The van der Waals surface area contributed by atoms with Gasteiger partial charge < -0.3 is 25.2 Å². The second kappa shape index (κ2) is 7.57. The maximum absolute atomic E-state index is 14.2. The number of hydrogen-bond acceptors (Lipinski definition) is 7. The van der Waals surface area contributed by atoms with E-state index >= 15 is 0 Å². The number of nitrogens with one attached hydrogen (secondary N) is 2. The van der Waals surface area contributed by atoms with E-state index in [1.54, 1.807) is 18.2 Å². The molecule has 2 aromatic carbocycles. The van der Waals surface area contributed by atoms with Crippen molar-refractivity contribution in [3.8, 4) is 17.2 Å². The summed E-state index contributed by atoms with van der Waals surface area (Å²) in [6.45, 7) is 0.935. The molecule has 0 fully saturated rings. The van der Waals surface area contributed by atoms with Crippen LogP contribution >= 0.6 is 23.2 Å². The molecule has 0 aliphatic carbocycles. The SMILES string of the molecule is Oc1c(Cl)cc(Nc2ncc(F)c(Nc3ccc4c(c3)OCCO4)n2)cc1Cl. The highest BCUT2D eigenvalue weighted by molar-refractivity contribution is 6.37. The van der Waals surface area contributed by atoms with E-state index in [0.717, 1.165) is 6.20 Å². The molecule has 4 rings (SSSR count). The van der Waals surface area contributed by atoms with Gasteiger partial charge >= 0.3 is 0 Å². The Bertz CT molecular complexity index is 1030. The number of phenolic OH excluding ortho intramolecular Hbond substituents is 1. The van der Waals surface area contributed by atoms with Crippen molar-refractivity contribution in [1.82, 2.24) is 9.97 Å². The molecule has 3 aromatic rings. The molecular formula is C18H13Cl2FN4O3. The van der Waals surface area contributed by atoms with E-state index in [1.165, 1.54) is 12.1 Å². The fraction of sp³-hybridized carbons (Fsp3) is 0.111. The van der Waals surface area contributed by atoms with Crippen molar-refractivity contribution in [2.45, 2.75) is 0 Å². The van der Waals surface area contributed by atoms with E-state index in [9.17, 15) is 9.50 Å². The summed E-state index contributed by atoms with van der Waals surface area (Å²) in [5.41, 5.74) is 1.01. The minimum Gasteiger partial charge on any atom is -0.505 e. The number of rotatable bonds is 4. The number of ether oxygens (including phenoxy) is 2. The number of hydrogen-bond donors (Lipinski definition) is 3. The molecule has 1 aliphatic rings. The van der Waals surface area contributed by atoms with E-state index in [4.69, 9.17) is 32.7 Å². The summed E-state index contributed by atoms with van der Waals surface area (Å²) in [5.74, 6) is 0.405. The van der Waals surface area contributed by atoms with Gasteiger partial charge in [0.15, 0.2) is 28.9 Å². The van der Waals surface area contributed by atoms with E-state index in [1.807, 2.05) is 0 Å². The van der Waals surface area contributed by atoms with E-state index in [-0.39, 0.29) is 27.6 Å². The predicted octanol–water partition coefficient (Wildman–Crippen LogP) is 4.89. The molecule has 7 nitrogen and oxygen atoms in total. The van der Waals surface area contributed by atoms with Crippen molar-refractivity contribution in [3.63, 3.8) is 0 Å². The monoisotopic (exact) mass is 422 g/mol. The second-order valence-corrected chi connectivity index (χ2v) is 6.60. The Hall–Kier alpha value is -2.97. The molecule has 0 atom stereocenters. The largest absolute Gasteiger partial charge is 0.505 e. The molecule has 10 heteroatoms. The molecule has 3 N–H and O–H groups in total. The lowest BCUT2D eigenvalue weighted by atomic mass is 10.2. The molecule has 0 amide bonds. The predicted molar refractivity (Wildman–Crippen MR) is 104 cm³/mol. The van der Waals surface area contributed by atoms with Crippen LogP contribution in [0.15, 0.2) is 36.5 Å². The number of aromatic hydroxyl groups is 1. The van der Waals surface area contributed by atoms with Crippen LogP contribution in [0, 0.1) is 5.82 Å². The van der Waals surface area contributed by atoms with Crippen LogP contribution in [0.3, 0.4) is 0 Å². The lowest BCUT2D eigenvalue weighted by molar-refractivity contribution is 0.171. The molecule has 0 spiro atoms. The smallest absolute Gasteiger partial charge is 0.229 e. The molecule has 0 saturated carbocycles. The lowest BCUT2D eigenvalue weighted by Gasteiger charge is -2.19. The standard InChI is InChI=1S/C18H13Cl2FN4O3/c19-11-5-10(6-12(20)16(11)26)24-18-22-8-13(21)17(25-18)23-9-1-2-14-15(7-9)28-4-3-27-14/h1-2,5-8,26H,3-4H2,(H2,22,23,24,25). The third kappa shape index (κ3) is 3.83. The number of aromatic nitrogens is 2. The van der Waals surface area contributed by atoms with Crippen molar-refractivity contribution in [3.05, 3.63) is 52.4 Å².